The van der Waals surface area contributed by atoms with Crippen LogP contribution in [0.4, 0.5) is 0 Å². The fourth-order valence-corrected chi connectivity index (χ4v) is 7.13. The molecule has 3 fully saturated rings. The molecule has 1 amide bonds. The number of nitrogens with one attached hydrogen (secondary N) is 1. The van der Waals surface area contributed by atoms with E-state index in [0.717, 1.165) is 69.7 Å². The largest absolute Gasteiger partial charge is 0.497 e. The number of piperidine rings is 1. The zero-order valence-corrected chi connectivity index (χ0v) is 23.4. The highest BCUT2D eigenvalue weighted by molar-refractivity contribution is 5.76. The van der Waals surface area contributed by atoms with E-state index in [1.165, 1.54) is 30.5 Å². The molecule has 5 nitrogen and oxygen atoms in total. The summed E-state index contributed by atoms with van der Waals surface area (Å²) >= 11 is 0. The Labute approximate surface area is 229 Å². The molecule has 5 heteroatoms. The first-order valence-corrected chi connectivity index (χ1v) is 14.8. The standard InChI is InChI=1S/C33H46N2O3/c1-37-29-14-9-13-27(20-29)33-18-19-35(23-26-16-17-26)24-30(33)31(38-2)21-28(22-33)34-32(36)15-8-4-7-12-25-10-5-3-6-11-25/h3,5-6,9-11,13-14,20,26,28,30-31H,4,7-8,12,15-19,21-24H2,1-2H3,(H,34,36)/t28-,30+,31?,33+/m1/s1. The van der Waals surface area contributed by atoms with Gasteiger partial charge in [0.05, 0.1) is 13.2 Å². The number of unbranched alkanes of at least 4 members (excludes halogenated alkanes) is 2. The van der Waals surface area contributed by atoms with Crippen molar-refractivity contribution in [3.05, 3.63) is 65.7 Å². The number of hydrogen-bond acceptors (Lipinski definition) is 4. The molecule has 0 radical (unpaired) electrons. The second-order valence-electron chi connectivity index (χ2n) is 12.0. The van der Waals surface area contributed by atoms with Crippen molar-refractivity contribution in [2.24, 2.45) is 11.8 Å². The predicted molar refractivity (Wildman–Crippen MR) is 153 cm³/mol. The monoisotopic (exact) mass is 518 g/mol. The van der Waals surface area contributed by atoms with Gasteiger partial charge in [0.15, 0.2) is 0 Å². The van der Waals surface area contributed by atoms with Gasteiger partial charge in [0.1, 0.15) is 5.75 Å². The van der Waals surface area contributed by atoms with Crippen LogP contribution in [0.25, 0.3) is 0 Å². The Morgan fingerprint density at radius 3 is 2.66 bits per heavy atom. The Balaban J connectivity index is 1.23. The number of aryl methyl sites for hydroxylation is 1. The fraction of sp³-hybridized carbons (Fsp3) is 0.606. The third kappa shape index (κ3) is 6.60. The van der Waals surface area contributed by atoms with Crippen molar-refractivity contribution in [2.45, 2.75) is 81.8 Å². The molecule has 3 aliphatic rings. The molecule has 2 aliphatic carbocycles. The van der Waals surface area contributed by atoms with Crippen LogP contribution in [0.15, 0.2) is 54.6 Å². The van der Waals surface area contributed by atoms with Gasteiger partial charge in [-0.25, -0.2) is 0 Å². The summed E-state index contributed by atoms with van der Waals surface area (Å²) in [6, 6.07) is 19.4. The van der Waals surface area contributed by atoms with Crippen LogP contribution in [0.2, 0.25) is 0 Å². The van der Waals surface area contributed by atoms with Gasteiger partial charge in [0, 0.05) is 44.0 Å². The number of carbonyl (C=O) groups excluding carboxylic acids is 1. The molecule has 0 bridgehead atoms. The highest BCUT2D eigenvalue weighted by Crippen LogP contribution is 2.51. The van der Waals surface area contributed by atoms with Gasteiger partial charge >= 0.3 is 0 Å². The summed E-state index contributed by atoms with van der Waals surface area (Å²) in [5.74, 6) is 2.41. The van der Waals surface area contributed by atoms with E-state index in [2.05, 4.69) is 58.7 Å². The van der Waals surface area contributed by atoms with Gasteiger partial charge in [-0.15, -0.1) is 0 Å². The molecule has 5 rings (SSSR count). The molecule has 0 spiro atoms. The summed E-state index contributed by atoms with van der Waals surface area (Å²) in [5, 5.41) is 3.44. The molecular formula is C33H46N2O3. The van der Waals surface area contributed by atoms with E-state index in [1.54, 1.807) is 7.11 Å². The molecule has 38 heavy (non-hydrogen) atoms. The van der Waals surface area contributed by atoms with Crippen molar-refractivity contribution < 1.29 is 14.3 Å². The van der Waals surface area contributed by atoms with Crippen LogP contribution in [0.1, 0.15) is 68.9 Å². The smallest absolute Gasteiger partial charge is 0.220 e. The molecule has 1 saturated heterocycles. The number of methoxy groups -OCH3 is 2. The molecule has 1 unspecified atom stereocenters. The van der Waals surface area contributed by atoms with Crippen LogP contribution < -0.4 is 10.1 Å². The van der Waals surface area contributed by atoms with E-state index >= 15 is 0 Å². The van der Waals surface area contributed by atoms with E-state index in [4.69, 9.17) is 9.47 Å². The van der Waals surface area contributed by atoms with Gasteiger partial charge in [-0.1, -0.05) is 48.9 Å². The molecule has 2 aromatic rings. The maximum absolute atomic E-state index is 13.0. The first-order valence-electron chi connectivity index (χ1n) is 14.8. The van der Waals surface area contributed by atoms with Gasteiger partial charge in [-0.2, -0.15) is 0 Å². The zero-order chi connectivity index (χ0) is 26.4. The van der Waals surface area contributed by atoms with E-state index in [1.807, 2.05) is 13.2 Å². The van der Waals surface area contributed by atoms with Crippen LogP contribution in [0, 0.1) is 11.8 Å². The number of nitrogens with zero attached hydrogens (tertiary/aromatic N) is 1. The minimum absolute atomic E-state index is 0.0128. The fourth-order valence-electron chi connectivity index (χ4n) is 7.13. The Morgan fingerprint density at radius 1 is 1.05 bits per heavy atom. The zero-order valence-electron chi connectivity index (χ0n) is 23.4. The summed E-state index contributed by atoms with van der Waals surface area (Å²) in [6.45, 7) is 3.42. The predicted octanol–water partition coefficient (Wildman–Crippen LogP) is 5.76. The van der Waals surface area contributed by atoms with Crippen LogP contribution in [0.3, 0.4) is 0 Å². The van der Waals surface area contributed by atoms with Crippen molar-refractivity contribution in [1.29, 1.82) is 0 Å². The second-order valence-corrected chi connectivity index (χ2v) is 12.0. The average molecular weight is 519 g/mol. The summed E-state index contributed by atoms with van der Waals surface area (Å²) < 4.78 is 11.8. The lowest BCUT2D eigenvalue weighted by molar-refractivity contribution is -0.124. The SMILES string of the molecule is COc1cccc([C@@]23CCN(CC4CC4)C[C@H]2C(OC)C[C@@H](NC(=O)CCCCCc2ccccc2)C3)c1. The Bertz CT molecular complexity index is 1040. The molecule has 0 aromatic heterocycles. The van der Waals surface area contributed by atoms with E-state index in [0.29, 0.717) is 12.3 Å². The minimum Gasteiger partial charge on any atom is -0.497 e. The molecule has 1 aliphatic heterocycles. The van der Waals surface area contributed by atoms with E-state index < -0.39 is 0 Å². The summed E-state index contributed by atoms with van der Waals surface area (Å²) in [4.78, 5) is 15.7. The topological polar surface area (TPSA) is 50.8 Å². The molecule has 206 valence electrons. The minimum atomic E-state index is -0.0128. The van der Waals surface area contributed by atoms with Crippen LogP contribution in [-0.2, 0) is 21.4 Å². The lowest BCUT2D eigenvalue weighted by Gasteiger charge is -2.55. The lowest BCUT2D eigenvalue weighted by atomic mass is 9.57. The average Bonchev–Trinajstić information content (AvgIpc) is 3.77. The Kier molecular flexibility index (Phi) is 9.06. The van der Waals surface area contributed by atoms with Gasteiger partial charge in [0.2, 0.25) is 5.91 Å². The van der Waals surface area contributed by atoms with Crippen molar-refractivity contribution >= 4 is 5.91 Å². The van der Waals surface area contributed by atoms with E-state index in [-0.39, 0.29) is 23.5 Å². The number of rotatable bonds is 12. The van der Waals surface area contributed by atoms with Crippen LogP contribution >= 0.6 is 0 Å². The van der Waals surface area contributed by atoms with Gasteiger partial charge in [0.25, 0.3) is 0 Å². The molecular weight excluding hydrogens is 472 g/mol. The Morgan fingerprint density at radius 2 is 1.89 bits per heavy atom. The second kappa shape index (κ2) is 12.7. The molecule has 1 N–H and O–H groups in total. The van der Waals surface area contributed by atoms with Gasteiger partial charge < -0.3 is 19.7 Å². The molecule has 4 atom stereocenters. The lowest BCUT2D eigenvalue weighted by Crippen LogP contribution is -2.61. The normalized spacial score (nSPS) is 27.5. The van der Waals surface area contributed by atoms with Crippen LogP contribution in [0.5, 0.6) is 5.75 Å². The quantitative estimate of drug-likeness (QED) is 0.363. The summed E-state index contributed by atoms with van der Waals surface area (Å²) in [7, 11) is 3.60. The van der Waals surface area contributed by atoms with Crippen LogP contribution in [-0.4, -0.2) is 56.8 Å². The van der Waals surface area contributed by atoms with Crippen molar-refractivity contribution in [1.82, 2.24) is 10.2 Å². The number of benzene rings is 2. The van der Waals surface area contributed by atoms with Crippen molar-refractivity contribution in [3.8, 4) is 5.75 Å². The summed E-state index contributed by atoms with van der Waals surface area (Å²) in [6.07, 6.45) is 10.7. The third-order valence-corrected chi connectivity index (χ3v) is 9.35. The number of likely N-dealkylation sites (tertiary alicyclic amines) is 1. The first kappa shape index (κ1) is 27.2. The first-order chi connectivity index (χ1) is 18.6. The number of fused-ring (bicyclic) bond motifs is 1. The maximum atomic E-state index is 13.0. The molecule has 2 saturated carbocycles. The highest BCUT2D eigenvalue weighted by atomic mass is 16.5. The number of amides is 1. The third-order valence-electron chi connectivity index (χ3n) is 9.35. The number of carbonyl (C=O) groups is 1. The van der Waals surface area contributed by atoms with Crippen molar-refractivity contribution in [2.75, 3.05) is 33.9 Å². The number of hydrogen-bond donors (Lipinski definition) is 1. The molecule has 1 heterocycles. The Hall–Kier alpha value is -2.37. The van der Waals surface area contributed by atoms with Gasteiger partial charge in [-0.05, 0) is 87.1 Å². The van der Waals surface area contributed by atoms with E-state index in [9.17, 15) is 4.79 Å². The van der Waals surface area contributed by atoms with Crippen molar-refractivity contribution in [3.63, 3.8) is 0 Å². The highest BCUT2D eigenvalue weighted by Gasteiger charge is 2.53. The summed E-state index contributed by atoms with van der Waals surface area (Å²) in [5.41, 5.74) is 2.71. The maximum Gasteiger partial charge on any atom is 0.220 e. The molecule has 2 aromatic carbocycles. The number of ether oxygens (including phenoxy) is 2. The van der Waals surface area contributed by atoms with Gasteiger partial charge in [-0.3, -0.25) is 4.79 Å².